The van der Waals surface area contributed by atoms with Gasteiger partial charge in [-0.2, -0.15) is 0 Å². The Labute approximate surface area is 119 Å². The van der Waals surface area contributed by atoms with Crippen LogP contribution in [0.5, 0.6) is 0 Å². The smallest absolute Gasteiger partial charge is 0.309 e. The van der Waals surface area contributed by atoms with E-state index in [0.717, 1.165) is 17.1 Å². The van der Waals surface area contributed by atoms with E-state index in [4.69, 9.17) is 5.73 Å². The summed E-state index contributed by atoms with van der Waals surface area (Å²) in [7, 11) is 0. The number of hydrogen-bond acceptors (Lipinski definition) is 6. The zero-order valence-electron chi connectivity index (χ0n) is 10.9. The van der Waals surface area contributed by atoms with Gasteiger partial charge in [-0.25, -0.2) is 9.97 Å². The predicted molar refractivity (Wildman–Crippen MR) is 77.6 cm³/mol. The molecule has 21 heavy (non-hydrogen) atoms. The first-order valence-electron chi connectivity index (χ1n) is 6.24. The van der Waals surface area contributed by atoms with E-state index in [1.165, 1.54) is 0 Å². The number of nitrogens with zero attached hydrogens (tertiary/aromatic N) is 4. The number of benzene rings is 1. The number of aromatic nitrogens is 3. The molecule has 0 bridgehead atoms. The molecule has 0 spiro atoms. The van der Waals surface area contributed by atoms with Crippen LogP contribution in [0.3, 0.4) is 0 Å². The summed E-state index contributed by atoms with van der Waals surface area (Å²) in [5.41, 5.74) is 7.14. The molecule has 0 saturated carbocycles. The molecule has 7 heteroatoms. The lowest BCUT2D eigenvalue weighted by atomic mass is 10.1. The molecule has 0 saturated heterocycles. The number of fused-ring (bicyclic) bond motifs is 1. The number of anilines is 1. The summed E-state index contributed by atoms with van der Waals surface area (Å²) >= 11 is 0. The maximum Gasteiger partial charge on any atom is 0.309 e. The Bertz CT molecular complexity index is 834. The highest BCUT2D eigenvalue weighted by Crippen LogP contribution is 2.20. The minimum atomic E-state index is -0.518. The summed E-state index contributed by atoms with van der Waals surface area (Å²) in [6.07, 6.45) is 1.35. The molecular weight excluding hydrogens is 270 g/mol. The second-order valence-electron chi connectivity index (χ2n) is 4.49. The number of hydrogen-bond donors (Lipinski definition) is 1. The van der Waals surface area contributed by atoms with Crippen molar-refractivity contribution in [1.29, 1.82) is 0 Å². The molecule has 0 aliphatic carbocycles. The van der Waals surface area contributed by atoms with Crippen LogP contribution in [0, 0.1) is 10.1 Å². The maximum atomic E-state index is 11.0. The zero-order chi connectivity index (χ0) is 14.8. The lowest BCUT2D eigenvalue weighted by molar-refractivity contribution is -0.386. The van der Waals surface area contributed by atoms with Gasteiger partial charge < -0.3 is 5.73 Å². The highest BCUT2D eigenvalue weighted by atomic mass is 16.6. The quantitative estimate of drug-likeness (QED) is 0.581. The first kappa shape index (κ1) is 12.9. The van der Waals surface area contributed by atoms with Crippen molar-refractivity contribution in [2.75, 3.05) is 5.73 Å². The van der Waals surface area contributed by atoms with Crippen molar-refractivity contribution in [1.82, 2.24) is 15.0 Å². The molecule has 2 aromatic heterocycles. The van der Waals surface area contributed by atoms with Crippen molar-refractivity contribution in [2.45, 2.75) is 6.42 Å². The first-order chi connectivity index (χ1) is 10.1. The molecule has 0 unspecified atom stereocenters. The van der Waals surface area contributed by atoms with Crippen molar-refractivity contribution in [3.05, 3.63) is 64.1 Å². The van der Waals surface area contributed by atoms with Crippen LogP contribution in [0.25, 0.3) is 10.9 Å². The number of nitrogen functional groups attached to an aromatic ring is 1. The average Bonchev–Trinajstić information content (AvgIpc) is 2.47. The lowest BCUT2D eigenvalue weighted by Gasteiger charge is -2.04. The Morgan fingerprint density at radius 3 is 2.76 bits per heavy atom. The van der Waals surface area contributed by atoms with Gasteiger partial charge in [0.05, 0.1) is 10.4 Å². The molecule has 3 aromatic rings. The molecule has 7 nitrogen and oxygen atoms in total. The van der Waals surface area contributed by atoms with Gasteiger partial charge >= 0.3 is 5.69 Å². The second kappa shape index (κ2) is 5.12. The van der Waals surface area contributed by atoms with Crippen molar-refractivity contribution >= 4 is 22.5 Å². The minimum Gasteiger partial charge on any atom is -0.368 e. The van der Waals surface area contributed by atoms with Gasteiger partial charge in [0.25, 0.3) is 0 Å². The van der Waals surface area contributed by atoms with E-state index >= 15 is 0 Å². The van der Waals surface area contributed by atoms with E-state index in [1.54, 1.807) is 0 Å². The molecule has 0 amide bonds. The normalized spacial score (nSPS) is 10.7. The van der Waals surface area contributed by atoms with Crippen molar-refractivity contribution < 1.29 is 4.92 Å². The van der Waals surface area contributed by atoms with Gasteiger partial charge in [-0.1, -0.05) is 24.3 Å². The fraction of sp³-hybridized carbons (Fsp3) is 0.0714. The summed E-state index contributed by atoms with van der Waals surface area (Å²) in [6.45, 7) is 0. The number of para-hydroxylation sites is 1. The van der Waals surface area contributed by atoms with Crippen LogP contribution >= 0.6 is 0 Å². The largest absolute Gasteiger partial charge is 0.368 e. The van der Waals surface area contributed by atoms with E-state index in [2.05, 4.69) is 15.0 Å². The second-order valence-corrected chi connectivity index (χ2v) is 4.49. The van der Waals surface area contributed by atoms with E-state index in [9.17, 15) is 10.1 Å². The maximum absolute atomic E-state index is 11.0. The molecule has 0 aliphatic rings. The van der Waals surface area contributed by atoms with E-state index in [-0.39, 0.29) is 23.8 Å². The number of pyridine rings is 1. The third-order valence-electron chi connectivity index (χ3n) is 3.07. The predicted octanol–water partition coefficient (Wildman–Crippen LogP) is 2.11. The molecule has 0 fully saturated rings. The molecule has 0 radical (unpaired) electrons. The van der Waals surface area contributed by atoms with Crippen LogP contribution < -0.4 is 5.73 Å². The first-order valence-corrected chi connectivity index (χ1v) is 6.24. The Hall–Kier alpha value is -3.09. The van der Waals surface area contributed by atoms with Crippen LogP contribution in [0.2, 0.25) is 0 Å². The van der Waals surface area contributed by atoms with Gasteiger partial charge in [-0.15, -0.1) is 0 Å². The molecule has 104 valence electrons. The van der Waals surface area contributed by atoms with Gasteiger partial charge in [0, 0.05) is 17.5 Å². The minimum absolute atomic E-state index is 0.0105. The molecular formula is C14H11N5O2. The van der Waals surface area contributed by atoms with Crippen LogP contribution in [-0.4, -0.2) is 19.9 Å². The SMILES string of the molecule is Nc1ncc([N+](=O)[O-])c(Cc2ccc3ccccc3n2)n1. The Kier molecular flexibility index (Phi) is 3.15. The number of nitrogens with two attached hydrogens (primary N) is 1. The lowest BCUT2D eigenvalue weighted by Crippen LogP contribution is -2.05. The van der Waals surface area contributed by atoms with E-state index in [0.29, 0.717) is 5.69 Å². The molecule has 2 N–H and O–H groups in total. The van der Waals surface area contributed by atoms with Crippen molar-refractivity contribution in [2.24, 2.45) is 0 Å². The van der Waals surface area contributed by atoms with E-state index in [1.807, 2.05) is 36.4 Å². The highest BCUT2D eigenvalue weighted by Gasteiger charge is 2.17. The average molecular weight is 281 g/mol. The van der Waals surface area contributed by atoms with Crippen molar-refractivity contribution in [3.63, 3.8) is 0 Å². The van der Waals surface area contributed by atoms with Crippen LogP contribution in [0.15, 0.2) is 42.6 Å². The van der Waals surface area contributed by atoms with Gasteiger partial charge in [-0.3, -0.25) is 15.1 Å². The summed E-state index contributed by atoms with van der Waals surface area (Å²) < 4.78 is 0. The van der Waals surface area contributed by atoms with Gasteiger partial charge in [0.15, 0.2) is 0 Å². The van der Waals surface area contributed by atoms with Gasteiger partial charge in [-0.05, 0) is 12.1 Å². The topological polar surface area (TPSA) is 108 Å². The molecule has 3 rings (SSSR count). The fourth-order valence-corrected chi connectivity index (χ4v) is 2.09. The molecule has 0 atom stereocenters. The molecule has 2 heterocycles. The van der Waals surface area contributed by atoms with Crippen LogP contribution in [0.4, 0.5) is 11.6 Å². The molecule has 1 aromatic carbocycles. The number of nitro groups is 1. The van der Waals surface area contributed by atoms with Gasteiger partial charge in [0.2, 0.25) is 5.95 Å². The highest BCUT2D eigenvalue weighted by molar-refractivity contribution is 5.78. The Morgan fingerprint density at radius 1 is 1.14 bits per heavy atom. The third kappa shape index (κ3) is 2.62. The zero-order valence-corrected chi connectivity index (χ0v) is 10.9. The van der Waals surface area contributed by atoms with Crippen LogP contribution in [0.1, 0.15) is 11.4 Å². The summed E-state index contributed by atoms with van der Waals surface area (Å²) in [4.78, 5) is 22.6. The monoisotopic (exact) mass is 281 g/mol. The summed E-state index contributed by atoms with van der Waals surface area (Å²) in [6, 6.07) is 11.4. The standard InChI is InChI=1S/C14H11N5O2/c15-14-16-8-13(19(20)21)12(18-14)7-10-6-5-9-3-1-2-4-11(9)17-10/h1-6,8H,7H2,(H2,15,16,18). The number of rotatable bonds is 3. The van der Waals surface area contributed by atoms with Crippen molar-refractivity contribution in [3.8, 4) is 0 Å². The van der Waals surface area contributed by atoms with Gasteiger partial charge in [0.1, 0.15) is 11.9 Å². The van der Waals surface area contributed by atoms with Crippen LogP contribution in [-0.2, 0) is 6.42 Å². The Morgan fingerprint density at radius 2 is 1.95 bits per heavy atom. The fourth-order valence-electron chi connectivity index (χ4n) is 2.09. The van der Waals surface area contributed by atoms with E-state index < -0.39 is 4.92 Å². The molecule has 0 aliphatic heterocycles. The summed E-state index contributed by atoms with van der Waals surface area (Å²) in [5, 5.41) is 12.0. The Balaban J connectivity index is 2.02. The third-order valence-corrected chi connectivity index (χ3v) is 3.07. The summed E-state index contributed by atoms with van der Waals surface area (Å²) in [5.74, 6) is 0.0105.